The van der Waals surface area contributed by atoms with Crippen LogP contribution in [-0.2, 0) is 23.6 Å². The molecular formula is C10H12N2O4S. The number of hydrogen-bond acceptors (Lipinski definition) is 4. The van der Waals surface area contributed by atoms with Gasteiger partial charge in [0.05, 0.1) is 11.8 Å². The molecule has 0 bridgehead atoms. The van der Waals surface area contributed by atoms with E-state index >= 15 is 0 Å². The molecule has 7 heteroatoms. The van der Waals surface area contributed by atoms with E-state index < -0.39 is 15.8 Å². The summed E-state index contributed by atoms with van der Waals surface area (Å²) in [4.78, 5) is 11.3. The Balaban J connectivity index is 2.38. The number of fused-ring (bicyclic) bond motifs is 1. The van der Waals surface area contributed by atoms with Crippen molar-refractivity contribution in [2.75, 3.05) is 6.26 Å². The third kappa shape index (κ3) is 2.56. The van der Waals surface area contributed by atoms with Gasteiger partial charge in [-0.1, -0.05) is 6.07 Å². The predicted molar refractivity (Wildman–Crippen MR) is 63.1 cm³/mol. The highest BCUT2D eigenvalue weighted by Crippen LogP contribution is 2.14. The third-order valence-corrected chi connectivity index (χ3v) is 3.06. The molecule has 92 valence electrons. The van der Waals surface area contributed by atoms with Gasteiger partial charge in [0.15, 0.2) is 5.58 Å². The molecule has 0 saturated heterocycles. The first-order valence-corrected chi connectivity index (χ1v) is 6.79. The molecule has 1 aromatic heterocycles. The zero-order valence-corrected chi connectivity index (χ0v) is 10.2. The molecule has 0 atom stereocenters. The van der Waals surface area contributed by atoms with Crippen molar-refractivity contribution in [3.8, 4) is 0 Å². The highest BCUT2D eigenvalue weighted by molar-refractivity contribution is 7.88. The van der Waals surface area contributed by atoms with Crippen LogP contribution in [0.3, 0.4) is 0 Å². The Morgan fingerprint density at radius 1 is 1.41 bits per heavy atom. The minimum atomic E-state index is -3.22. The van der Waals surface area contributed by atoms with Crippen molar-refractivity contribution in [2.45, 2.75) is 6.54 Å². The fourth-order valence-corrected chi connectivity index (χ4v) is 1.93. The van der Waals surface area contributed by atoms with Gasteiger partial charge in [-0.2, -0.15) is 0 Å². The number of benzene rings is 1. The first kappa shape index (κ1) is 11.9. The highest BCUT2D eigenvalue weighted by Gasteiger charge is 2.07. The minimum Gasteiger partial charge on any atom is -0.408 e. The molecule has 0 aliphatic heterocycles. The smallest absolute Gasteiger partial charge is 0.408 e. The fourth-order valence-electron chi connectivity index (χ4n) is 1.50. The van der Waals surface area contributed by atoms with Crippen molar-refractivity contribution in [2.24, 2.45) is 7.05 Å². The second kappa shape index (κ2) is 4.01. The van der Waals surface area contributed by atoms with Crippen LogP contribution in [0.15, 0.2) is 27.4 Å². The Kier molecular flexibility index (Phi) is 2.80. The summed E-state index contributed by atoms with van der Waals surface area (Å²) in [6.45, 7) is 0.189. The molecule has 2 aromatic rings. The van der Waals surface area contributed by atoms with Crippen molar-refractivity contribution in [1.29, 1.82) is 0 Å². The van der Waals surface area contributed by atoms with Gasteiger partial charge in [0.25, 0.3) is 0 Å². The molecule has 2 rings (SSSR count). The van der Waals surface area contributed by atoms with E-state index in [1.807, 2.05) is 0 Å². The largest absolute Gasteiger partial charge is 0.419 e. The lowest BCUT2D eigenvalue weighted by Crippen LogP contribution is -2.21. The van der Waals surface area contributed by atoms with Crippen molar-refractivity contribution in [1.82, 2.24) is 9.29 Å². The third-order valence-electron chi connectivity index (χ3n) is 2.39. The highest BCUT2D eigenvalue weighted by atomic mass is 32.2. The van der Waals surface area contributed by atoms with Gasteiger partial charge >= 0.3 is 5.76 Å². The van der Waals surface area contributed by atoms with Crippen LogP contribution in [0.25, 0.3) is 11.1 Å². The molecule has 0 fully saturated rings. The van der Waals surface area contributed by atoms with Gasteiger partial charge in [0.1, 0.15) is 0 Å². The SMILES string of the molecule is Cn1c(=O)oc2ccc(CNS(C)(=O)=O)cc21. The molecule has 1 aromatic carbocycles. The summed E-state index contributed by atoms with van der Waals surface area (Å²) in [7, 11) is -1.62. The van der Waals surface area contributed by atoms with E-state index in [0.29, 0.717) is 11.1 Å². The Bertz CT molecular complexity index is 711. The quantitative estimate of drug-likeness (QED) is 0.849. The van der Waals surface area contributed by atoms with Crippen LogP contribution in [0.1, 0.15) is 5.56 Å². The van der Waals surface area contributed by atoms with Gasteiger partial charge in [-0.05, 0) is 17.7 Å². The summed E-state index contributed by atoms with van der Waals surface area (Å²) in [6.07, 6.45) is 1.10. The molecule has 0 aliphatic carbocycles. The number of aromatic nitrogens is 1. The van der Waals surface area contributed by atoms with E-state index in [4.69, 9.17) is 4.42 Å². The lowest BCUT2D eigenvalue weighted by Gasteiger charge is -2.02. The van der Waals surface area contributed by atoms with Crippen LogP contribution in [0.4, 0.5) is 0 Å². The predicted octanol–water partition coefficient (Wildman–Crippen LogP) is 0.181. The van der Waals surface area contributed by atoms with E-state index in [0.717, 1.165) is 11.8 Å². The molecule has 0 unspecified atom stereocenters. The van der Waals surface area contributed by atoms with Crippen LogP contribution in [0, 0.1) is 0 Å². The molecule has 0 spiro atoms. The summed E-state index contributed by atoms with van der Waals surface area (Å²) >= 11 is 0. The van der Waals surface area contributed by atoms with Crippen LogP contribution in [0.5, 0.6) is 0 Å². The monoisotopic (exact) mass is 256 g/mol. The number of nitrogens with zero attached hydrogens (tertiary/aromatic N) is 1. The van der Waals surface area contributed by atoms with Crippen LogP contribution < -0.4 is 10.5 Å². The summed E-state index contributed by atoms with van der Waals surface area (Å²) in [5.74, 6) is -0.437. The Morgan fingerprint density at radius 3 is 2.76 bits per heavy atom. The van der Waals surface area contributed by atoms with Crippen molar-refractivity contribution in [3.63, 3.8) is 0 Å². The van der Waals surface area contributed by atoms with Crippen molar-refractivity contribution < 1.29 is 12.8 Å². The molecule has 6 nitrogen and oxygen atoms in total. The number of sulfonamides is 1. The first-order chi connectivity index (χ1) is 7.87. The number of oxazole rings is 1. The number of hydrogen-bond donors (Lipinski definition) is 1. The normalized spacial score (nSPS) is 12.1. The second-order valence-electron chi connectivity index (χ2n) is 3.82. The van der Waals surface area contributed by atoms with Gasteiger partial charge < -0.3 is 4.42 Å². The van der Waals surface area contributed by atoms with Gasteiger partial charge in [0.2, 0.25) is 10.0 Å². The van der Waals surface area contributed by atoms with Gasteiger partial charge in [-0.3, -0.25) is 4.57 Å². The lowest BCUT2D eigenvalue weighted by molar-refractivity contribution is 0.528. The van der Waals surface area contributed by atoms with E-state index in [1.54, 1.807) is 25.2 Å². The maximum absolute atomic E-state index is 11.3. The van der Waals surface area contributed by atoms with E-state index in [1.165, 1.54) is 4.57 Å². The van der Waals surface area contributed by atoms with Gasteiger partial charge in [0, 0.05) is 13.6 Å². The number of nitrogens with one attached hydrogen (secondary N) is 1. The Morgan fingerprint density at radius 2 is 2.12 bits per heavy atom. The molecule has 0 aliphatic rings. The standard InChI is InChI=1S/C10H12N2O4S/c1-12-8-5-7(6-11-17(2,14)15)3-4-9(8)16-10(12)13/h3-5,11H,6H2,1-2H3. The fraction of sp³-hybridized carbons (Fsp3) is 0.300. The second-order valence-corrected chi connectivity index (χ2v) is 5.66. The van der Waals surface area contributed by atoms with E-state index in [9.17, 15) is 13.2 Å². The van der Waals surface area contributed by atoms with Crippen molar-refractivity contribution >= 4 is 21.1 Å². The Hall–Kier alpha value is -1.60. The molecule has 0 radical (unpaired) electrons. The van der Waals surface area contributed by atoms with Gasteiger partial charge in [-0.15, -0.1) is 0 Å². The summed E-state index contributed by atoms with van der Waals surface area (Å²) < 4.78 is 30.6. The van der Waals surface area contributed by atoms with Gasteiger partial charge in [-0.25, -0.2) is 17.9 Å². The molecule has 0 saturated carbocycles. The molecule has 17 heavy (non-hydrogen) atoms. The summed E-state index contributed by atoms with van der Waals surface area (Å²) in [5, 5.41) is 0. The number of rotatable bonds is 3. The maximum atomic E-state index is 11.3. The molecular weight excluding hydrogens is 244 g/mol. The molecule has 1 N–H and O–H groups in total. The average Bonchev–Trinajstić information content (AvgIpc) is 2.51. The minimum absolute atomic E-state index is 0.189. The van der Waals surface area contributed by atoms with E-state index in [2.05, 4.69) is 4.72 Å². The average molecular weight is 256 g/mol. The topological polar surface area (TPSA) is 81.3 Å². The summed E-state index contributed by atoms with van der Waals surface area (Å²) in [5.41, 5.74) is 1.89. The van der Waals surface area contributed by atoms with E-state index in [-0.39, 0.29) is 6.54 Å². The van der Waals surface area contributed by atoms with Crippen LogP contribution in [-0.4, -0.2) is 19.2 Å². The zero-order chi connectivity index (χ0) is 12.6. The van der Waals surface area contributed by atoms with Crippen LogP contribution >= 0.6 is 0 Å². The summed E-state index contributed by atoms with van der Waals surface area (Å²) in [6, 6.07) is 5.08. The van der Waals surface area contributed by atoms with Crippen LogP contribution in [0.2, 0.25) is 0 Å². The zero-order valence-electron chi connectivity index (χ0n) is 9.43. The Labute approximate surface area is 97.9 Å². The molecule has 1 heterocycles. The maximum Gasteiger partial charge on any atom is 0.419 e. The first-order valence-electron chi connectivity index (χ1n) is 4.90. The number of aryl methyl sites for hydroxylation is 1. The lowest BCUT2D eigenvalue weighted by atomic mass is 10.2. The van der Waals surface area contributed by atoms with Crippen molar-refractivity contribution in [3.05, 3.63) is 34.3 Å². The molecule has 0 amide bonds.